The second-order valence-corrected chi connectivity index (χ2v) is 4.62. The van der Waals surface area contributed by atoms with Crippen LogP contribution in [0.15, 0.2) is 17.0 Å². The quantitative estimate of drug-likeness (QED) is 0.785. The van der Waals surface area contributed by atoms with E-state index in [1.54, 1.807) is 0 Å². The molecule has 82 valence electrons. The Morgan fingerprint density at radius 1 is 1.27 bits per heavy atom. The van der Waals surface area contributed by atoms with Crippen molar-refractivity contribution in [1.82, 2.24) is 0 Å². The van der Waals surface area contributed by atoms with E-state index in [0.717, 1.165) is 18.4 Å². The van der Waals surface area contributed by atoms with Crippen molar-refractivity contribution in [3.63, 3.8) is 0 Å². The Morgan fingerprint density at radius 2 is 1.87 bits per heavy atom. The van der Waals surface area contributed by atoms with Gasteiger partial charge in [0.25, 0.3) is 0 Å². The van der Waals surface area contributed by atoms with E-state index in [0.29, 0.717) is 0 Å². The van der Waals surface area contributed by atoms with Crippen LogP contribution in [0.5, 0.6) is 5.75 Å². The molecule has 0 amide bonds. The molecule has 0 aliphatic heterocycles. The monoisotopic (exact) mass is 238 g/mol. The van der Waals surface area contributed by atoms with Crippen LogP contribution < -0.4 is 4.74 Å². The number of alkyl halides is 3. The standard InChI is InChI=1S/C8H5F3O3S/c1-15(12,13)7-4-2-6(3-5-7)14-8(9,10)11/h2,4H,1H3. The van der Waals surface area contributed by atoms with E-state index in [1.165, 1.54) is 0 Å². The van der Waals surface area contributed by atoms with Gasteiger partial charge in [-0.2, -0.15) is 0 Å². The first kappa shape index (κ1) is 11.7. The van der Waals surface area contributed by atoms with Crippen LogP contribution in [0.4, 0.5) is 13.2 Å². The van der Waals surface area contributed by atoms with Gasteiger partial charge in [0.05, 0.1) is 0 Å². The van der Waals surface area contributed by atoms with E-state index in [1.807, 2.05) is 6.07 Å². The lowest BCUT2D eigenvalue weighted by atomic mass is 10.4. The van der Waals surface area contributed by atoms with Crippen LogP contribution in [0.2, 0.25) is 0 Å². The third-order valence-electron chi connectivity index (χ3n) is 1.32. The smallest absolute Gasteiger partial charge is 0.397 e. The molecule has 0 fully saturated rings. The lowest BCUT2D eigenvalue weighted by molar-refractivity contribution is -0.274. The molecule has 0 spiro atoms. The molecule has 15 heavy (non-hydrogen) atoms. The van der Waals surface area contributed by atoms with Gasteiger partial charge < -0.3 is 4.74 Å². The molecule has 0 saturated heterocycles. The minimum absolute atomic E-state index is 0.239. The molecular formula is C8H5F3O3S. The van der Waals surface area contributed by atoms with E-state index in [-0.39, 0.29) is 4.90 Å². The zero-order chi connectivity index (χ0) is 11.7. The number of ether oxygens (including phenoxy) is 1. The van der Waals surface area contributed by atoms with Crippen molar-refractivity contribution in [2.45, 2.75) is 11.3 Å². The van der Waals surface area contributed by atoms with Crippen molar-refractivity contribution in [2.75, 3.05) is 6.26 Å². The fourth-order valence-corrected chi connectivity index (χ4v) is 1.31. The van der Waals surface area contributed by atoms with Crippen molar-refractivity contribution >= 4 is 9.84 Å². The number of sulfone groups is 1. The summed E-state index contributed by atoms with van der Waals surface area (Å²) in [5.74, 6) is -0.630. The first-order valence-electron chi connectivity index (χ1n) is 3.58. The topological polar surface area (TPSA) is 43.4 Å². The second kappa shape index (κ2) is 3.62. The van der Waals surface area contributed by atoms with E-state index in [2.05, 4.69) is 10.8 Å². The Balaban J connectivity index is 2.92. The summed E-state index contributed by atoms with van der Waals surface area (Å²) in [5, 5.41) is 0. The van der Waals surface area contributed by atoms with Crippen LogP contribution in [0.25, 0.3) is 0 Å². The molecule has 0 aliphatic carbocycles. The van der Waals surface area contributed by atoms with E-state index in [9.17, 15) is 21.6 Å². The molecule has 0 N–H and O–H groups in total. The summed E-state index contributed by atoms with van der Waals surface area (Å²) in [6.45, 7) is 0. The van der Waals surface area contributed by atoms with E-state index < -0.39 is 21.9 Å². The Kier molecular flexibility index (Phi) is 2.81. The largest absolute Gasteiger partial charge is 0.573 e. The maximum absolute atomic E-state index is 11.7. The van der Waals surface area contributed by atoms with Gasteiger partial charge in [0.1, 0.15) is 4.90 Å². The first-order chi connectivity index (χ1) is 6.68. The highest BCUT2D eigenvalue weighted by atomic mass is 32.2. The highest BCUT2D eigenvalue weighted by Gasteiger charge is 2.31. The van der Waals surface area contributed by atoms with Gasteiger partial charge in [0.2, 0.25) is 0 Å². The summed E-state index contributed by atoms with van der Waals surface area (Å²) >= 11 is 0. The third-order valence-corrected chi connectivity index (χ3v) is 2.36. The van der Waals surface area contributed by atoms with Crippen LogP contribution in [0.3, 0.4) is 0 Å². The molecule has 0 aromatic heterocycles. The Labute approximate surface area is 84.4 Å². The van der Waals surface area contributed by atoms with Crippen LogP contribution >= 0.6 is 0 Å². The normalized spacial score (nSPS) is 12.0. The molecule has 0 bridgehead atoms. The van der Waals surface area contributed by atoms with Crippen LogP contribution in [-0.4, -0.2) is 21.0 Å². The zero-order valence-electron chi connectivity index (χ0n) is 7.42. The highest BCUT2D eigenvalue weighted by molar-refractivity contribution is 7.90. The average Bonchev–Trinajstić information content (AvgIpc) is 2.00. The summed E-state index contributed by atoms with van der Waals surface area (Å²) in [5.41, 5.74) is 0. The van der Waals surface area contributed by atoms with Crippen LogP contribution in [-0.2, 0) is 9.84 Å². The van der Waals surface area contributed by atoms with Crippen LogP contribution in [0, 0.1) is 12.1 Å². The fraction of sp³-hybridized carbons (Fsp3) is 0.250. The molecule has 0 saturated carbocycles. The summed E-state index contributed by atoms with van der Waals surface area (Å²) in [7, 11) is -3.49. The predicted octanol–water partition coefficient (Wildman–Crippen LogP) is 1.59. The molecule has 0 heterocycles. The molecular weight excluding hydrogens is 233 g/mol. The molecule has 0 unspecified atom stereocenters. The van der Waals surface area contributed by atoms with Gasteiger partial charge in [-0.1, -0.05) is 0 Å². The molecule has 1 aromatic rings. The number of hydrogen-bond donors (Lipinski definition) is 0. The Bertz CT molecular complexity index is 433. The van der Waals surface area contributed by atoms with Crippen molar-refractivity contribution < 1.29 is 26.3 Å². The minimum atomic E-state index is -4.82. The second-order valence-electron chi connectivity index (χ2n) is 2.63. The molecule has 0 radical (unpaired) electrons. The van der Waals surface area contributed by atoms with Crippen LogP contribution in [0.1, 0.15) is 0 Å². The van der Waals surface area contributed by atoms with Crippen molar-refractivity contribution in [3.8, 4) is 5.75 Å². The predicted molar refractivity (Wildman–Crippen MR) is 43.9 cm³/mol. The molecule has 3 nitrogen and oxygen atoms in total. The number of halogens is 3. The number of rotatable bonds is 2. The van der Waals surface area contributed by atoms with Gasteiger partial charge in [-0.05, 0) is 24.3 Å². The van der Waals surface area contributed by atoms with Crippen molar-refractivity contribution in [1.29, 1.82) is 0 Å². The van der Waals surface area contributed by atoms with Gasteiger partial charge in [-0.15, -0.1) is 13.2 Å². The van der Waals surface area contributed by atoms with Crippen molar-refractivity contribution in [3.05, 3.63) is 24.3 Å². The third kappa shape index (κ3) is 3.67. The lowest BCUT2D eigenvalue weighted by Gasteiger charge is -2.05. The number of hydrogen-bond acceptors (Lipinski definition) is 3. The average molecular weight is 238 g/mol. The SMILES string of the molecule is CS(=O)(=O)c1c#cc(OC(F)(F)F)cc1. The van der Waals surface area contributed by atoms with Crippen molar-refractivity contribution in [2.24, 2.45) is 0 Å². The van der Waals surface area contributed by atoms with Gasteiger partial charge in [-0.3, -0.25) is 0 Å². The lowest BCUT2D eigenvalue weighted by Crippen LogP contribution is -2.16. The summed E-state index contributed by atoms with van der Waals surface area (Å²) < 4.78 is 60.4. The maximum Gasteiger partial charge on any atom is 0.573 e. The summed E-state index contributed by atoms with van der Waals surface area (Å²) in [6, 6.07) is 5.84. The molecule has 1 rings (SSSR count). The molecule has 0 aliphatic rings. The van der Waals surface area contributed by atoms with Gasteiger partial charge in [0.15, 0.2) is 15.6 Å². The van der Waals surface area contributed by atoms with Gasteiger partial charge in [-0.25, -0.2) is 8.42 Å². The zero-order valence-corrected chi connectivity index (χ0v) is 8.24. The Morgan fingerprint density at radius 3 is 2.20 bits per heavy atom. The van der Waals surface area contributed by atoms with E-state index >= 15 is 0 Å². The highest BCUT2D eigenvalue weighted by Crippen LogP contribution is 2.21. The van der Waals surface area contributed by atoms with E-state index in [4.69, 9.17) is 0 Å². The minimum Gasteiger partial charge on any atom is -0.397 e. The maximum atomic E-state index is 11.7. The molecule has 7 heteroatoms. The fourth-order valence-electron chi connectivity index (χ4n) is 0.758. The Hall–Kier alpha value is -1.42. The van der Waals surface area contributed by atoms with Gasteiger partial charge in [0, 0.05) is 6.26 Å². The first-order valence-corrected chi connectivity index (χ1v) is 5.47. The molecule has 1 aromatic carbocycles. The molecule has 0 atom stereocenters. The van der Waals surface area contributed by atoms with Gasteiger partial charge >= 0.3 is 6.36 Å². The summed E-state index contributed by atoms with van der Waals surface area (Å²) in [6.07, 6.45) is -3.91. The summed E-state index contributed by atoms with van der Waals surface area (Å²) in [4.78, 5) is -0.239.